The van der Waals surface area contributed by atoms with Crippen LogP contribution < -0.4 is 10.2 Å². The Morgan fingerprint density at radius 2 is 2.07 bits per heavy atom. The summed E-state index contributed by atoms with van der Waals surface area (Å²) in [5.41, 5.74) is 2.22. The number of nitrogens with zero attached hydrogens (tertiary/aromatic N) is 1. The van der Waals surface area contributed by atoms with Gasteiger partial charge in [-0.25, -0.2) is 0 Å². The zero-order valence-electron chi connectivity index (χ0n) is 15.9. The van der Waals surface area contributed by atoms with Crippen LogP contribution in [-0.4, -0.2) is 43.2 Å². The highest BCUT2D eigenvalue weighted by Gasteiger charge is 2.24. The first-order chi connectivity index (χ1) is 13.6. The number of hydrogen-bond acceptors (Lipinski definition) is 5. The van der Waals surface area contributed by atoms with Gasteiger partial charge in [0, 0.05) is 18.0 Å². The van der Waals surface area contributed by atoms with Crippen molar-refractivity contribution in [3.05, 3.63) is 35.9 Å². The maximum atomic E-state index is 12.2. The predicted octanol–water partition coefficient (Wildman–Crippen LogP) is 3.07. The summed E-state index contributed by atoms with van der Waals surface area (Å²) in [6.07, 6.45) is 7.89. The van der Waals surface area contributed by atoms with Gasteiger partial charge in [0.05, 0.1) is 17.9 Å². The summed E-state index contributed by atoms with van der Waals surface area (Å²) >= 11 is 1.50. The third kappa shape index (κ3) is 5.86. The molecule has 0 spiro atoms. The molecule has 0 aromatic heterocycles. The van der Waals surface area contributed by atoms with Gasteiger partial charge in [-0.2, -0.15) is 0 Å². The summed E-state index contributed by atoms with van der Waals surface area (Å²) in [7, 11) is 0. The topological polar surface area (TPSA) is 75.7 Å². The van der Waals surface area contributed by atoms with Gasteiger partial charge in [-0.1, -0.05) is 23.8 Å². The van der Waals surface area contributed by atoms with Crippen LogP contribution >= 0.6 is 11.8 Å². The summed E-state index contributed by atoms with van der Waals surface area (Å²) in [5, 5.41) is 2.79. The van der Waals surface area contributed by atoms with E-state index in [1.807, 2.05) is 24.3 Å². The zero-order chi connectivity index (χ0) is 19.8. The van der Waals surface area contributed by atoms with Crippen molar-refractivity contribution in [1.82, 2.24) is 5.32 Å². The van der Waals surface area contributed by atoms with Gasteiger partial charge >= 0.3 is 5.97 Å². The van der Waals surface area contributed by atoms with E-state index in [1.165, 1.54) is 30.2 Å². The van der Waals surface area contributed by atoms with Crippen molar-refractivity contribution in [2.75, 3.05) is 30.3 Å². The smallest absolute Gasteiger partial charge is 0.308 e. The SMILES string of the molecule is O=C(COC(=O)CCN1C(=O)CSc2ccccc21)NCCC1=CCCCC1. The van der Waals surface area contributed by atoms with Crippen molar-refractivity contribution in [3.63, 3.8) is 0 Å². The van der Waals surface area contributed by atoms with Crippen LogP contribution in [0.1, 0.15) is 38.5 Å². The van der Waals surface area contributed by atoms with Crippen LogP contribution in [0.25, 0.3) is 0 Å². The van der Waals surface area contributed by atoms with Crippen LogP contribution in [0, 0.1) is 0 Å². The highest BCUT2D eigenvalue weighted by Crippen LogP contribution is 2.34. The van der Waals surface area contributed by atoms with E-state index >= 15 is 0 Å². The van der Waals surface area contributed by atoms with Crippen LogP contribution in [0.4, 0.5) is 5.69 Å². The van der Waals surface area contributed by atoms with E-state index in [9.17, 15) is 14.4 Å². The molecule has 0 bridgehead atoms. The lowest BCUT2D eigenvalue weighted by molar-refractivity contribution is -0.148. The van der Waals surface area contributed by atoms with Gasteiger partial charge in [-0.05, 0) is 44.2 Å². The van der Waals surface area contributed by atoms with Crippen molar-refractivity contribution in [2.24, 2.45) is 0 Å². The zero-order valence-corrected chi connectivity index (χ0v) is 16.8. The number of ether oxygens (including phenoxy) is 1. The number of hydrogen-bond donors (Lipinski definition) is 1. The van der Waals surface area contributed by atoms with Crippen LogP contribution in [0.15, 0.2) is 40.8 Å². The summed E-state index contributed by atoms with van der Waals surface area (Å²) in [4.78, 5) is 38.6. The molecule has 1 aromatic carbocycles. The largest absolute Gasteiger partial charge is 0.456 e. The lowest BCUT2D eigenvalue weighted by atomic mass is 9.97. The molecule has 2 amide bonds. The fourth-order valence-corrected chi connectivity index (χ4v) is 4.30. The summed E-state index contributed by atoms with van der Waals surface area (Å²) in [6, 6.07) is 7.64. The number of benzene rings is 1. The third-order valence-electron chi connectivity index (χ3n) is 4.87. The highest BCUT2D eigenvalue weighted by atomic mass is 32.2. The predicted molar refractivity (Wildman–Crippen MR) is 109 cm³/mol. The molecule has 1 heterocycles. The van der Waals surface area contributed by atoms with E-state index in [1.54, 1.807) is 4.90 Å². The molecule has 7 heteroatoms. The fraction of sp³-hybridized carbons (Fsp3) is 0.476. The second kappa shape index (κ2) is 10.3. The fourth-order valence-electron chi connectivity index (χ4n) is 3.37. The maximum absolute atomic E-state index is 12.2. The lowest BCUT2D eigenvalue weighted by Crippen LogP contribution is -2.37. The first kappa shape index (κ1) is 20.5. The van der Waals surface area contributed by atoms with Gasteiger partial charge in [0.1, 0.15) is 0 Å². The van der Waals surface area contributed by atoms with E-state index in [0.29, 0.717) is 12.3 Å². The minimum Gasteiger partial charge on any atom is -0.456 e. The molecule has 0 atom stereocenters. The highest BCUT2D eigenvalue weighted by molar-refractivity contribution is 8.00. The molecule has 0 saturated heterocycles. The molecule has 1 aromatic rings. The van der Waals surface area contributed by atoms with E-state index in [4.69, 9.17) is 4.74 Å². The Kier molecular flexibility index (Phi) is 7.54. The number of fused-ring (bicyclic) bond motifs is 1. The minimum absolute atomic E-state index is 0.0220. The summed E-state index contributed by atoms with van der Waals surface area (Å²) < 4.78 is 5.05. The summed E-state index contributed by atoms with van der Waals surface area (Å²) in [5.74, 6) is -0.425. The molecule has 0 fully saturated rings. The second-order valence-electron chi connectivity index (χ2n) is 6.92. The Morgan fingerprint density at radius 3 is 2.89 bits per heavy atom. The van der Waals surface area contributed by atoms with Gasteiger partial charge < -0.3 is 15.0 Å². The van der Waals surface area contributed by atoms with Crippen molar-refractivity contribution < 1.29 is 19.1 Å². The lowest BCUT2D eigenvalue weighted by Gasteiger charge is -2.28. The van der Waals surface area contributed by atoms with Gasteiger partial charge in [-0.15, -0.1) is 11.8 Å². The van der Waals surface area contributed by atoms with Gasteiger partial charge in [0.15, 0.2) is 6.61 Å². The molecule has 0 radical (unpaired) electrons. The Balaban J connectivity index is 1.36. The molecule has 28 heavy (non-hydrogen) atoms. The van der Waals surface area contributed by atoms with Crippen LogP contribution in [0.2, 0.25) is 0 Å². The number of carbonyl (C=O) groups excluding carboxylic acids is 3. The molecular formula is C21H26N2O4S. The van der Waals surface area contributed by atoms with Crippen LogP contribution in [-0.2, 0) is 19.1 Å². The number of thioether (sulfide) groups is 1. The maximum Gasteiger partial charge on any atom is 0.308 e. The van der Waals surface area contributed by atoms with Gasteiger partial charge in [-0.3, -0.25) is 14.4 Å². The monoisotopic (exact) mass is 402 g/mol. The van der Waals surface area contributed by atoms with Crippen LogP contribution in [0.3, 0.4) is 0 Å². The molecule has 6 nitrogen and oxygen atoms in total. The van der Waals surface area contributed by atoms with E-state index < -0.39 is 5.97 Å². The standard InChI is InChI=1S/C21H26N2O4S/c24-19(22-12-10-16-6-2-1-3-7-16)14-27-21(26)11-13-23-17-8-4-5-9-18(17)28-15-20(23)25/h4-6,8-9H,1-3,7,10-15H2,(H,22,24). The Labute approximate surface area is 169 Å². The number of rotatable bonds is 8. The molecule has 0 saturated carbocycles. The normalized spacial score (nSPS) is 16.2. The number of anilines is 1. The first-order valence-electron chi connectivity index (χ1n) is 9.76. The number of carbonyl (C=O) groups is 3. The number of para-hydroxylation sites is 1. The van der Waals surface area contributed by atoms with Crippen LogP contribution in [0.5, 0.6) is 0 Å². The van der Waals surface area contributed by atoms with E-state index in [-0.39, 0.29) is 31.4 Å². The first-order valence-corrected chi connectivity index (χ1v) is 10.7. The average Bonchev–Trinajstić information content (AvgIpc) is 2.72. The average molecular weight is 403 g/mol. The Bertz CT molecular complexity index is 763. The van der Waals surface area contributed by atoms with E-state index in [2.05, 4.69) is 11.4 Å². The Morgan fingerprint density at radius 1 is 1.21 bits per heavy atom. The van der Waals surface area contributed by atoms with Crippen molar-refractivity contribution in [1.29, 1.82) is 0 Å². The molecule has 2 aliphatic rings. The summed E-state index contributed by atoms with van der Waals surface area (Å²) in [6.45, 7) is 0.544. The third-order valence-corrected chi connectivity index (χ3v) is 5.91. The molecule has 1 aliphatic heterocycles. The second-order valence-corrected chi connectivity index (χ2v) is 7.94. The molecule has 1 N–H and O–H groups in total. The molecular weight excluding hydrogens is 376 g/mol. The minimum atomic E-state index is -0.478. The van der Waals surface area contributed by atoms with Crippen molar-refractivity contribution >= 4 is 35.2 Å². The number of nitrogens with one attached hydrogen (secondary N) is 1. The number of allylic oxidation sites excluding steroid dienone is 1. The quantitative estimate of drug-likeness (QED) is 0.534. The van der Waals surface area contributed by atoms with Crippen molar-refractivity contribution in [2.45, 2.75) is 43.4 Å². The molecule has 3 rings (SSSR count). The Hall–Kier alpha value is -2.28. The molecule has 0 unspecified atom stereocenters. The van der Waals surface area contributed by atoms with Gasteiger partial charge in [0.25, 0.3) is 5.91 Å². The molecule has 150 valence electrons. The van der Waals surface area contributed by atoms with Gasteiger partial charge in [0.2, 0.25) is 5.91 Å². The number of amides is 2. The molecule has 1 aliphatic carbocycles. The van der Waals surface area contributed by atoms with E-state index in [0.717, 1.165) is 29.8 Å². The van der Waals surface area contributed by atoms with Crippen molar-refractivity contribution in [3.8, 4) is 0 Å². The number of esters is 1.